The van der Waals surface area contributed by atoms with Crippen LogP contribution in [-0.2, 0) is 0 Å². The average molecular weight is 130 g/mol. The number of nitrogens with one attached hydrogen (secondary N) is 1. The SMILES string of the molecule is NC[C@H](O)[C@H]1CCCN1. The Morgan fingerprint density at radius 3 is 3.00 bits per heavy atom. The summed E-state index contributed by atoms with van der Waals surface area (Å²) in [6.07, 6.45) is 1.90. The van der Waals surface area contributed by atoms with Crippen molar-refractivity contribution in [3.05, 3.63) is 0 Å². The van der Waals surface area contributed by atoms with Crippen LogP contribution in [0, 0.1) is 0 Å². The van der Waals surface area contributed by atoms with E-state index in [1.54, 1.807) is 0 Å². The summed E-state index contributed by atoms with van der Waals surface area (Å²) in [5, 5.41) is 12.3. The van der Waals surface area contributed by atoms with Gasteiger partial charge in [0.15, 0.2) is 0 Å². The largest absolute Gasteiger partial charge is 0.390 e. The van der Waals surface area contributed by atoms with E-state index in [9.17, 15) is 5.11 Å². The van der Waals surface area contributed by atoms with E-state index < -0.39 is 0 Å². The van der Waals surface area contributed by atoms with Crippen molar-refractivity contribution in [1.82, 2.24) is 5.32 Å². The first-order valence-electron chi connectivity index (χ1n) is 3.46. The molecule has 0 aromatic rings. The van der Waals surface area contributed by atoms with Gasteiger partial charge in [0.2, 0.25) is 0 Å². The maximum absolute atomic E-state index is 9.17. The zero-order chi connectivity index (χ0) is 6.69. The van der Waals surface area contributed by atoms with Gasteiger partial charge in [-0.3, -0.25) is 0 Å². The number of hydrogen-bond acceptors (Lipinski definition) is 3. The van der Waals surface area contributed by atoms with Crippen LogP contribution in [-0.4, -0.2) is 30.3 Å². The molecule has 0 aromatic carbocycles. The van der Waals surface area contributed by atoms with Crippen LogP contribution >= 0.6 is 0 Å². The molecule has 0 amide bonds. The van der Waals surface area contributed by atoms with E-state index in [2.05, 4.69) is 5.32 Å². The van der Waals surface area contributed by atoms with Crippen LogP contribution in [0.15, 0.2) is 0 Å². The lowest BCUT2D eigenvalue weighted by Crippen LogP contribution is -2.39. The molecule has 0 bridgehead atoms. The lowest BCUT2D eigenvalue weighted by Gasteiger charge is -2.15. The van der Waals surface area contributed by atoms with Gasteiger partial charge in [-0.25, -0.2) is 0 Å². The fourth-order valence-corrected chi connectivity index (χ4v) is 1.20. The lowest BCUT2D eigenvalue weighted by atomic mass is 10.1. The summed E-state index contributed by atoms with van der Waals surface area (Å²) in [6.45, 7) is 1.40. The van der Waals surface area contributed by atoms with Crippen LogP contribution in [0.25, 0.3) is 0 Å². The molecule has 1 aliphatic heterocycles. The molecule has 2 atom stereocenters. The number of nitrogens with two attached hydrogens (primary N) is 1. The lowest BCUT2D eigenvalue weighted by molar-refractivity contribution is 0.143. The average Bonchev–Trinajstić information content (AvgIpc) is 2.37. The van der Waals surface area contributed by atoms with E-state index in [1.165, 1.54) is 6.42 Å². The monoisotopic (exact) mass is 130 g/mol. The molecule has 0 spiro atoms. The van der Waals surface area contributed by atoms with Crippen LogP contribution < -0.4 is 11.1 Å². The van der Waals surface area contributed by atoms with Gasteiger partial charge in [-0.15, -0.1) is 0 Å². The normalized spacial score (nSPS) is 30.7. The molecule has 4 N–H and O–H groups in total. The van der Waals surface area contributed by atoms with Gasteiger partial charge in [0, 0.05) is 12.6 Å². The van der Waals surface area contributed by atoms with Gasteiger partial charge in [0.1, 0.15) is 0 Å². The summed E-state index contributed by atoms with van der Waals surface area (Å²) in [6, 6.07) is 0.259. The van der Waals surface area contributed by atoms with Crippen LogP contribution in [0.3, 0.4) is 0 Å². The molecular formula is C6H14N2O. The van der Waals surface area contributed by atoms with Crippen molar-refractivity contribution in [3.63, 3.8) is 0 Å². The van der Waals surface area contributed by atoms with E-state index in [0.29, 0.717) is 6.54 Å². The van der Waals surface area contributed by atoms with Crippen LogP contribution in [0.5, 0.6) is 0 Å². The van der Waals surface area contributed by atoms with Gasteiger partial charge in [-0.1, -0.05) is 0 Å². The second kappa shape index (κ2) is 3.15. The summed E-state index contributed by atoms with van der Waals surface area (Å²) in [4.78, 5) is 0. The Bertz CT molecular complexity index is 81.1. The Balaban J connectivity index is 2.24. The summed E-state index contributed by atoms with van der Waals surface area (Å²) in [5.74, 6) is 0. The maximum atomic E-state index is 9.17. The molecule has 0 unspecified atom stereocenters. The molecule has 54 valence electrons. The zero-order valence-corrected chi connectivity index (χ0v) is 5.51. The van der Waals surface area contributed by atoms with Gasteiger partial charge >= 0.3 is 0 Å². The Morgan fingerprint density at radius 1 is 1.78 bits per heavy atom. The predicted molar refractivity (Wildman–Crippen MR) is 36.1 cm³/mol. The minimum atomic E-state index is -0.340. The van der Waals surface area contributed by atoms with Crippen LogP contribution in [0.1, 0.15) is 12.8 Å². The molecule has 3 heteroatoms. The van der Waals surface area contributed by atoms with Crippen molar-refractivity contribution in [1.29, 1.82) is 0 Å². The van der Waals surface area contributed by atoms with E-state index in [0.717, 1.165) is 13.0 Å². The highest BCUT2D eigenvalue weighted by Gasteiger charge is 2.20. The summed E-state index contributed by atoms with van der Waals surface area (Å²) in [7, 11) is 0. The summed E-state index contributed by atoms with van der Waals surface area (Å²) < 4.78 is 0. The van der Waals surface area contributed by atoms with Gasteiger partial charge < -0.3 is 16.2 Å². The van der Waals surface area contributed by atoms with Crippen molar-refractivity contribution >= 4 is 0 Å². The van der Waals surface area contributed by atoms with Gasteiger partial charge in [-0.05, 0) is 19.4 Å². The predicted octanol–water partition coefficient (Wildman–Crippen LogP) is -0.942. The van der Waals surface area contributed by atoms with E-state index >= 15 is 0 Å². The molecule has 9 heavy (non-hydrogen) atoms. The van der Waals surface area contributed by atoms with Crippen molar-refractivity contribution < 1.29 is 5.11 Å². The van der Waals surface area contributed by atoms with E-state index in [4.69, 9.17) is 5.73 Å². The quantitative estimate of drug-likeness (QED) is 0.452. The second-order valence-electron chi connectivity index (χ2n) is 2.51. The Kier molecular flexibility index (Phi) is 2.45. The highest BCUT2D eigenvalue weighted by atomic mass is 16.3. The van der Waals surface area contributed by atoms with E-state index in [-0.39, 0.29) is 12.1 Å². The first-order valence-corrected chi connectivity index (χ1v) is 3.46. The molecule has 0 aromatic heterocycles. The van der Waals surface area contributed by atoms with Gasteiger partial charge in [0.25, 0.3) is 0 Å². The minimum absolute atomic E-state index is 0.259. The summed E-state index contributed by atoms with van der Waals surface area (Å²) >= 11 is 0. The molecule has 1 rings (SSSR count). The Hall–Kier alpha value is -0.120. The van der Waals surface area contributed by atoms with Crippen molar-refractivity contribution in [3.8, 4) is 0 Å². The number of aliphatic hydroxyl groups is 1. The molecule has 1 aliphatic rings. The molecule has 1 heterocycles. The first-order chi connectivity index (χ1) is 4.34. The molecule has 3 nitrogen and oxygen atoms in total. The van der Waals surface area contributed by atoms with Gasteiger partial charge in [0.05, 0.1) is 6.10 Å². The third-order valence-electron chi connectivity index (χ3n) is 1.80. The van der Waals surface area contributed by atoms with Crippen molar-refractivity contribution in [2.45, 2.75) is 25.0 Å². The molecule has 1 saturated heterocycles. The zero-order valence-electron chi connectivity index (χ0n) is 5.51. The highest BCUT2D eigenvalue weighted by molar-refractivity contribution is 4.81. The van der Waals surface area contributed by atoms with E-state index in [1.807, 2.05) is 0 Å². The van der Waals surface area contributed by atoms with Crippen molar-refractivity contribution in [2.75, 3.05) is 13.1 Å². The highest BCUT2D eigenvalue weighted by Crippen LogP contribution is 2.07. The minimum Gasteiger partial charge on any atom is -0.390 e. The maximum Gasteiger partial charge on any atom is 0.0815 e. The molecule has 0 saturated carbocycles. The van der Waals surface area contributed by atoms with Crippen molar-refractivity contribution in [2.24, 2.45) is 5.73 Å². The number of rotatable bonds is 2. The smallest absolute Gasteiger partial charge is 0.0815 e. The second-order valence-corrected chi connectivity index (χ2v) is 2.51. The standard InChI is InChI=1S/C6H14N2O/c7-4-6(9)5-2-1-3-8-5/h5-6,8-9H,1-4,7H2/t5-,6+/m1/s1. The summed E-state index contributed by atoms with van der Waals surface area (Å²) in [5.41, 5.74) is 5.26. The first kappa shape index (κ1) is 6.99. The van der Waals surface area contributed by atoms with Gasteiger partial charge in [-0.2, -0.15) is 0 Å². The third kappa shape index (κ3) is 1.64. The fourth-order valence-electron chi connectivity index (χ4n) is 1.20. The number of hydrogen-bond donors (Lipinski definition) is 3. The van der Waals surface area contributed by atoms with Crippen LogP contribution in [0.2, 0.25) is 0 Å². The topological polar surface area (TPSA) is 58.3 Å². The Labute approximate surface area is 55.2 Å². The molecule has 1 fully saturated rings. The Morgan fingerprint density at radius 2 is 2.56 bits per heavy atom. The fraction of sp³-hybridized carbons (Fsp3) is 1.00. The molecular weight excluding hydrogens is 116 g/mol. The molecule has 0 aliphatic carbocycles. The third-order valence-corrected chi connectivity index (χ3v) is 1.80. The number of aliphatic hydroxyl groups excluding tert-OH is 1. The van der Waals surface area contributed by atoms with Crippen LogP contribution in [0.4, 0.5) is 0 Å². The molecule has 0 radical (unpaired) electrons.